The van der Waals surface area contributed by atoms with Gasteiger partial charge in [-0.2, -0.15) is 0 Å². The Hall–Kier alpha value is -3.30. The van der Waals surface area contributed by atoms with Crippen molar-refractivity contribution in [2.45, 2.75) is 31.3 Å². The van der Waals surface area contributed by atoms with E-state index in [4.69, 9.17) is 10.1 Å². The summed E-state index contributed by atoms with van der Waals surface area (Å²) in [5, 5.41) is 18.6. The lowest BCUT2D eigenvalue weighted by Gasteiger charge is -2.14. The second kappa shape index (κ2) is 9.90. The first-order valence-electron chi connectivity index (χ1n) is 10.8. The van der Waals surface area contributed by atoms with E-state index in [1.165, 1.54) is 12.1 Å². The molecule has 2 atom stereocenters. The summed E-state index contributed by atoms with van der Waals surface area (Å²) >= 11 is 0. The number of hydrogen-bond acceptors (Lipinski definition) is 4. The smallest absolute Gasteiger partial charge is 0.305 e. The van der Waals surface area contributed by atoms with Crippen LogP contribution in [0.5, 0.6) is 0 Å². The van der Waals surface area contributed by atoms with Crippen molar-refractivity contribution in [1.29, 1.82) is 0 Å². The second-order valence-corrected chi connectivity index (χ2v) is 10.3. The van der Waals surface area contributed by atoms with Gasteiger partial charge in [-0.1, -0.05) is 48.4 Å². The molecule has 0 radical (unpaired) electrons. The van der Waals surface area contributed by atoms with Crippen LogP contribution in [0.15, 0.2) is 60.7 Å². The van der Waals surface area contributed by atoms with Gasteiger partial charge in [0.05, 0.1) is 35.6 Å². The number of aliphatic hydroxyl groups is 1. The van der Waals surface area contributed by atoms with E-state index < -0.39 is 32.0 Å². The minimum Gasteiger partial charge on any atom is -0.481 e. The maximum Gasteiger partial charge on any atom is 0.305 e. The number of carboxylic acids is 1. The molecule has 1 aliphatic rings. The second-order valence-electron chi connectivity index (χ2n) is 8.34. The predicted octanol–water partition coefficient (Wildman–Crippen LogP) is 4.85. The largest absolute Gasteiger partial charge is 0.481 e. The molecule has 3 aromatic rings. The first-order chi connectivity index (χ1) is 16.2. The van der Waals surface area contributed by atoms with Crippen molar-refractivity contribution in [3.8, 4) is 34.0 Å². The Balaban J connectivity index is 1.83. The summed E-state index contributed by atoms with van der Waals surface area (Å²) in [5.74, 6) is 1.32. The van der Waals surface area contributed by atoms with Gasteiger partial charge in [0.15, 0.2) is 0 Å². The molecule has 8 heteroatoms. The summed E-state index contributed by atoms with van der Waals surface area (Å²) in [6, 6.07) is 17.3. The van der Waals surface area contributed by atoms with Gasteiger partial charge in [0.25, 0.3) is 7.37 Å². The van der Waals surface area contributed by atoms with Crippen LogP contribution in [-0.4, -0.2) is 38.3 Å². The monoisotopic (exact) mass is 479 g/mol. The summed E-state index contributed by atoms with van der Waals surface area (Å²) in [7, 11) is -4.15. The summed E-state index contributed by atoms with van der Waals surface area (Å²) in [6.45, 7) is 0. The Morgan fingerprint density at radius 2 is 1.79 bits per heavy atom. The van der Waals surface area contributed by atoms with Gasteiger partial charge in [0, 0.05) is 17.0 Å². The summed E-state index contributed by atoms with van der Waals surface area (Å²) in [6.07, 6.45) is -0.950. The summed E-state index contributed by atoms with van der Waals surface area (Å²) < 4.78 is 26.2. The van der Waals surface area contributed by atoms with Crippen molar-refractivity contribution < 1.29 is 28.9 Å². The molecule has 1 fully saturated rings. The molecule has 1 unspecified atom stereocenters. The standard InChI is InChI=1S/C26H23FNO5P/c27-20-10-8-17(9-11-20)23-15-24(18-4-2-1-3-5-18)28-26(19-6-7-19)22(23)12-13-34(32,33)16-21(29)14-25(30)31/h1-5,8-11,15,19,21,29H,6-7,14,16H2,(H,30,31)(H,32,33)/t21-/m1/s1. The van der Waals surface area contributed by atoms with Gasteiger partial charge in [-0.25, -0.2) is 4.39 Å². The van der Waals surface area contributed by atoms with Crippen molar-refractivity contribution in [1.82, 2.24) is 4.98 Å². The van der Waals surface area contributed by atoms with E-state index in [1.807, 2.05) is 36.4 Å². The third-order valence-corrected chi connectivity index (χ3v) is 6.84. The third kappa shape index (κ3) is 5.98. The Kier molecular flexibility index (Phi) is 6.95. The molecule has 0 aliphatic heterocycles. The van der Waals surface area contributed by atoms with E-state index in [9.17, 15) is 23.7 Å². The number of benzene rings is 2. The molecule has 1 saturated carbocycles. The lowest BCUT2D eigenvalue weighted by molar-refractivity contribution is -0.138. The number of hydrogen-bond donors (Lipinski definition) is 3. The Bertz CT molecular complexity index is 1310. The van der Waals surface area contributed by atoms with Crippen LogP contribution >= 0.6 is 7.37 Å². The summed E-state index contributed by atoms with van der Waals surface area (Å²) in [4.78, 5) is 25.9. The lowest BCUT2D eigenvalue weighted by atomic mass is 9.95. The Morgan fingerprint density at radius 1 is 1.12 bits per heavy atom. The van der Waals surface area contributed by atoms with Gasteiger partial charge in [0.2, 0.25) is 0 Å². The fourth-order valence-corrected chi connectivity index (χ4v) is 4.78. The van der Waals surface area contributed by atoms with Crippen molar-refractivity contribution in [2.75, 3.05) is 6.16 Å². The van der Waals surface area contributed by atoms with E-state index in [2.05, 4.69) is 11.6 Å². The molecular formula is C26H23FNO5P. The predicted molar refractivity (Wildman–Crippen MR) is 127 cm³/mol. The SMILES string of the molecule is O=C(O)C[C@@H](O)CP(=O)(O)C#Cc1c(-c2ccc(F)cc2)cc(-c2ccccc2)nc1C1CC1. The minimum atomic E-state index is -4.15. The quantitative estimate of drug-likeness (QED) is 0.330. The first-order valence-corrected chi connectivity index (χ1v) is 12.7. The van der Waals surface area contributed by atoms with Gasteiger partial charge < -0.3 is 15.1 Å². The molecule has 1 aliphatic carbocycles. The van der Waals surface area contributed by atoms with Gasteiger partial charge in [-0.3, -0.25) is 14.3 Å². The van der Waals surface area contributed by atoms with Crippen molar-refractivity contribution in [2.24, 2.45) is 0 Å². The highest BCUT2D eigenvalue weighted by molar-refractivity contribution is 7.63. The topological polar surface area (TPSA) is 108 Å². The van der Waals surface area contributed by atoms with Crippen molar-refractivity contribution in [3.05, 3.63) is 77.7 Å². The number of carbonyl (C=O) groups is 1. The number of aromatic nitrogens is 1. The number of halogens is 1. The normalized spacial score (nSPS) is 15.6. The molecule has 1 aromatic heterocycles. The first kappa shape index (κ1) is 23.8. The van der Waals surface area contributed by atoms with E-state index in [-0.39, 0.29) is 11.7 Å². The molecule has 6 nitrogen and oxygen atoms in total. The molecule has 2 aromatic carbocycles. The van der Waals surface area contributed by atoms with E-state index >= 15 is 0 Å². The van der Waals surface area contributed by atoms with Gasteiger partial charge in [0.1, 0.15) is 5.82 Å². The van der Waals surface area contributed by atoms with E-state index in [0.717, 1.165) is 24.1 Å². The van der Waals surface area contributed by atoms with Crippen LogP contribution in [-0.2, 0) is 9.36 Å². The van der Waals surface area contributed by atoms with E-state index in [1.54, 1.807) is 12.1 Å². The number of nitrogens with zero attached hydrogens (tertiary/aromatic N) is 1. The fourth-order valence-electron chi connectivity index (χ4n) is 3.70. The molecule has 1 heterocycles. The molecule has 0 saturated heterocycles. The maximum absolute atomic E-state index is 13.6. The molecule has 0 bridgehead atoms. The highest BCUT2D eigenvalue weighted by Crippen LogP contribution is 2.45. The molecule has 34 heavy (non-hydrogen) atoms. The van der Waals surface area contributed by atoms with Crippen LogP contribution in [0, 0.1) is 17.4 Å². The zero-order valence-corrected chi connectivity index (χ0v) is 19.1. The number of carboxylic acid groups (broad SMARTS) is 1. The molecule has 3 N–H and O–H groups in total. The van der Waals surface area contributed by atoms with Crippen molar-refractivity contribution >= 4 is 13.3 Å². The van der Waals surface area contributed by atoms with Crippen LogP contribution < -0.4 is 0 Å². The number of pyridine rings is 1. The zero-order chi connectivity index (χ0) is 24.3. The maximum atomic E-state index is 13.6. The van der Waals surface area contributed by atoms with Gasteiger partial charge in [-0.15, -0.1) is 0 Å². The molecule has 174 valence electrons. The minimum absolute atomic E-state index is 0.155. The Labute approximate surface area is 196 Å². The van der Waals surface area contributed by atoms with Crippen LogP contribution in [0.1, 0.15) is 36.4 Å². The van der Waals surface area contributed by atoms with E-state index in [0.29, 0.717) is 22.4 Å². The van der Waals surface area contributed by atoms with Crippen LogP contribution in [0.2, 0.25) is 0 Å². The van der Waals surface area contributed by atoms with Crippen LogP contribution in [0.4, 0.5) is 4.39 Å². The molecule has 0 amide bonds. The zero-order valence-electron chi connectivity index (χ0n) is 18.2. The Morgan fingerprint density at radius 3 is 2.41 bits per heavy atom. The van der Waals surface area contributed by atoms with Crippen LogP contribution in [0.25, 0.3) is 22.4 Å². The fraction of sp³-hybridized carbons (Fsp3) is 0.231. The number of rotatable bonds is 7. The highest BCUT2D eigenvalue weighted by atomic mass is 31.2. The highest BCUT2D eigenvalue weighted by Gasteiger charge is 2.30. The lowest BCUT2D eigenvalue weighted by Crippen LogP contribution is -2.17. The molecule has 0 spiro atoms. The van der Waals surface area contributed by atoms with Crippen LogP contribution in [0.3, 0.4) is 0 Å². The molecular weight excluding hydrogens is 456 g/mol. The van der Waals surface area contributed by atoms with Gasteiger partial charge in [-0.05, 0) is 42.3 Å². The van der Waals surface area contributed by atoms with Crippen molar-refractivity contribution in [3.63, 3.8) is 0 Å². The number of aliphatic carboxylic acids is 1. The summed E-state index contributed by atoms with van der Waals surface area (Å²) in [5.41, 5.74) is 6.53. The molecule has 4 rings (SSSR count). The average molecular weight is 479 g/mol. The average Bonchev–Trinajstić information content (AvgIpc) is 3.63. The third-order valence-electron chi connectivity index (χ3n) is 5.46. The number of aliphatic hydroxyl groups excluding tert-OH is 1. The van der Waals surface area contributed by atoms with Gasteiger partial charge >= 0.3 is 5.97 Å².